The molecule has 0 spiro atoms. The molecule has 0 radical (unpaired) electrons. The maximum Gasteiger partial charge on any atom is 0.131 e. The van der Waals surface area contributed by atoms with Gasteiger partial charge in [0.25, 0.3) is 0 Å². The van der Waals surface area contributed by atoms with Crippen LogP contribution in [0.3, 0.4) is 0 Å². The molecule has 0 atom stereocenters. The average Bonchev–Trinajstić information content (AvgIpc) is 2.37. The van der Waals surface area contributed by atoms with Crippen molar-refractivity contribution in [3.63, 3.8) is 0 Å². The molecular weight excluding hydrogens is 328 g/mol. The van der Waals surface area contributed by atoms with Crippen LogP contribution < -0.4 is 10.5 Å². The minimum Gasteiger partial charge on any atom is -0.488 e. The fourth-order valence-electron chi connectivity index (χ4n) is 1.66. The summed E-state index contributed by atoms with van der Waals surface area (Å²) in [7, 11) is 0. The topological polar surface area (TPSA) is 59.1 Å². The number of halogens is 2. The van der Waals surface area contributed by atoms with Crippen LogP contribution in [0, 0.1) is 5.41 Å². The number of amidine groups is 1. The standard InChI is InChI=1S/C14H12BrClN2O/c15-10-5-3-7-12(13(10)14(17)18)19-8-9-4-1-2-6-11(9)16/h1-7H,8H2,(H3,17,18). The average molecular weight is 340 g/mol. The Morgan fingerprint density at radius 3 is 2.63 bits per heavy atom. The first-order valence-corrected chi connectivity index (χ1v) is 6.76. The van der Waals surface area contributed by atoms with E-state index in [-0.39, 0.29) is 5.84 Å². The second-order valence-corrected chi connectivity index (χ2v) is 5.17. The van der Waals surface area contributed by atoms with Gasteiger partial charge in [-0.3, -0.25) is 5.41 Å². The van der Waals surface area contributed by atoms with Crippen LogP contribution in [-0.4, -0.2) is 5.84 Å². The van der Waals surface area contributed by atoms with E-state index in [9.17, 15) is 0 Å². The van der Waals surface area contributed by atoms with Gasteiger partial charge in [0.05, 0.1) is 5.56 Å². The van der Waals surface area contributed by atoms with Crippen molar-refractivity contribution in [1.82, 2.24) is 0 Å². The first-order chi connectivity index (χ1) is 9.09. The van der Waals surface area contributed by atoms with Crippen LogP contribution in [0.25, 0.3) is 0 Å². The van der Waals surface area contributed by atoms with Crippen LogP contribution in [0.15, 0.2) is 46.9 Å². The van der Waals surface area contributed by atoms with E-state index in [1.807, 2.05) is 36.4 Å². The lowest BCUT2D eigenvalue weighted by Gasteiger charge is -2.12. The van der Waals surface area contributed by atoms with Gasteiger partial charge in [-0.25, -0.2) is 0 Å². The molecule has 3 nitrogen and oxygen atoms in total. The van der Waals surface area contributed by atoms with Crippen molar-refractivity contribution in [2.45, 2.75) is 6.61 Å². The van der Waals surface area contributed by atoms with Gasteiger partial charge in [-0.1, -0.05) is 35.9 Å². The molecular formula is C14H12BrClN2O. The number of nitrogen functional groups attached to an aromatic ring is 1. The van der Waals surface area contributed by atoms with E-state index < -0.39 is 0 Å². The molecule has 98 valence electrons. The summed E-state index contributed by atoms with van der Waals surface area (Å²) in [5.41, 5.74) is 7.00. The molecule has 0 aliphatic carbocycles. The Bertz CT molecular complexity index is 616. The molecule has 0 aromatic heterocycles. The normalized spacial score (nSPS) is 10.2. The van der Waals surface area contributed by atoms with Crippen molar-refractivity contribution in [2.24, 2.45) is 5.73 Å². The molecule has 5 heteroatoms. The summed E-state index contributed by atoms with van der Waals surface area (Å²) in [6.07, 6.45) is 0. The zero-order chi connectivity index (χ0) is 13.8. The van der Waals surface area contributed by atoms with Crippen molar-refractivity contribution >= 4 is 33.4 Å². The molecule has 0 amide bonds. The van der Waals surface area contributed by atoms with Gasteiger partial charge in [0, 0.05) is 15.1 Å². The summed E-state index contributed by atoms with van der Waals surface area (Å²) in [5.74, 6) is 0.517. The van der Waals surface area contributed by atoms with Crippen LogP contribution in [0.2, 0.25) is 5.02 Å². The molecule has 3 N–H and O–H groups in total. The van der Waals surface area contributed by atoms with Gasteiger partial charge in [0.2, 0.25) is 0 Å². The molecule has 0 fully saturated rings. The Kier molecular flexibility index (Phi) is 4.45. The highest BCUT2D eigenvalue weighted by Crippen LogP contribution is 2.27. The van der Waals surface area contributed by atoms with Crippen LogP contribution >= 0.6 is 27.5 Å². The molecule has 0 saturated heterocycles. The van der Waals surface area contributed by atoms with Gasteiger partial charge in [0.1, 0.15) is 18.2 Å². The molecule has 0 saturated carbocycles. The summed E-state index contributed by atoms with van der Waals surface area (Å²) in [4.78, 5) is 0. The maximum absolute atomic E-state index is 7.58. The van der Waals surface area contributed by atoms with Crippen molar-refractivity contribution in [3.8, 4) is 5.75 Å². The lowest BCUT2D eigenvalue weighted by atomic mass is 10.2. The van der Waals surface area contributed by atoms with Gasteiger partial charge in [-0.05, 0) is 34.1 Å². The lowest BCUT2D eigenvalue weighted by Crippen LogP contribution is -2.14. The van der Waals surface area contributed by atoms with Crippen molar-refractivity contribution in [2.75, 3.05) is 0 Å². The molecule has 0 aliphatic rings. The number of nitrogens with two attached hydrogens (primary N) is 1. The van der Waals surface area contributed by atoms with Gasteiger partial charge in [-0.15, -0.1) is 0 Å². The number of rotatable bonds is 4. The number of hydrogen-bond donors (Lipinski definition) is 2. The van der Waals surface area contributed by atoms with E-state index in [1.54, 1.807) is 6.07 Å². The lowest BCUT2D eigenvalue weighted by molar-refractivity contribution is 0.305. The molecule has 0 heterocycles. The van der Waals surface area contributed by atoms with Gasteiger partial charge < -0.3 is 10.5 Å². The quantitative estimate of drug-likeness (QED) is 0.654. The predicted octanol–water partition coefficient (Wildman–Crippen LogP) is 3.97. The van der Waals surface area contributed by atoms with E-state index in [2.05, 4.69) is 15.9 Å². The van der Waals surface area contributed by atoms with E-state index >= 15 is 0 Å². The molecule has 2 aromatic carbocycles. The molecule has 19 heavy (non-hydrogen) atoms. The van der Waals surface area contributed by atoms with Gasteiger partial charge >= 0.3 is 0 Å². The Hall–Kier alpha value is -1.52. The summed E-state index contributed by atoms with van der Waals surface area (Å²) >= 11 is 9.43. The van der Waals surface area contributed by atoms with E-state index in [1.165, 1.54) is 0 Å². The Morgan fingerprint density at radius 2 is 1.95 bits per heavy atom. The SMILES string of the molecule is N=C(N)c1c(Br)cccc1OCc1ccccc1Cl. The minimum absolute atomic E-state index is 0.0402. The predicted molar refractivity (Wildman–Crippen MR) is 80.9 cm³/mol. The summed E-state index contributed by atoms with van der Waals surface area (Å²) in [5, 5.41) is 8.24. The van der Waals surface area contributed by atoms with E-state index in [0.29, 0.717) is 22.9 Å². The largest absolute Gasteiger partial charge is 0.488 e. The first-order valence-electron chi connectivity index (χ1n) is 5.58. The Labute approximate surface area is 125 Å². The molecule has 0 bridgehead atoms. The van der Waals surface area contributed by atoms with Gasteiger partial charge in [-0.2, -0.15) is 0 Å². The van der Waals surface area contributed by atoms with Crippen molar-refractivity contribution in [1.29, 1.82) is 5.41 Å². The number of hydrogen-bond acceptors (Lipinski definition) is 2. The molecule has 0 unspecified atom stereocenters. The van der Waals surface area contributed by atoms with Crippen molar-refractivity contribution < 1.29 is 4.74 Å². The van der Waals surface area contributed by atoms with E-state index in [4.69, 9.17) is 27.5 Å². The Balaban J connectivity index is 2.23. The minimum atomic E-state index is -0.0402. The van der Waals surface area contributed by atoms with Crippen LogP contribution in [0.5, 0.6) is 5.75 Å². The molecule has 2 rings (SSSR count). The molecule has 0 aliphatic heterocycles. The Morgan fingerprint density at radius 1 is 1.21 bits per heavy atom. The van der Waals surface area contributed by atoms with Crippen LogP contribution in [-0.2, 0) is 6.61 Å². The zero-order valence-electron chi connectivity index (χ0n) is 9.99. The smallest absolute Gasteiger partial charge is 0.131 e. The third kappa shape index (κ3) is 3.28. The third-order valence-corrected chi connectivity index (χ3v) is 3.62. The van der Waals surface area contributed by atoms with Crippen LogP contribution in [0.4, 0.5) is 0 Å². The van der Waals surface area contributed by atoms with E-state index in [0.717, 1.165) is 10.0 Å². The summed E-state index contributed by atoms with van der Waals surface area (Å²) < 4.78 is 6.44. The second-order valence-electron chi connectivity index (χ2n) is 3.91. The van der Waals surface area contributed by atoms with Gasteiger partial charge in [0.15, 0.2) is 0 Å². The number of benzene rings is 2. The van der Waals surface area contributed by atoms with Crippen LogP contribution in [0.1, 0.15) is 11.1 Å². The highest BCUT2D eigenvalue weighted by molar-refractivity contribution is 9.10. The third-order valence-electron chi connectivity index (χ3n) is 2.59. The highest BCUT2D eigenvalue weighted by Gasteiger charge is 2.11. The maximum atomic E-state index is 7.58. The zero-order valence-corrected chi connectivity index (χ0v) is 12.3. The second kappa shape index (κ2) is 6.08. The molecule has 2 aromatic rings. The summed E-state index contributed by atoms with van der Waals surface area (Å²) in [6, 6.07) is 12.9. The highest BCUT2D eigenvalue weighted by atomic mass is 79.9. The number of ether oxygens (including phenoxy) is 1. The first kappa shape index (κ1) is 13.9. The van der Waals surface area contributed by atoms with Crippen molar-refractivity contribution in [3.05, 3.63) is 63.1 Å². The monoisotopic (exact) mass is 338 g/mol. The summed E-state index contributed by atoms with van der Waals surface area (Å²) in [6.45, 7) is 0.330. The fraction of sp³-hybridized carbons (Fsp3) is 0.0714. The fourth-order valence-corrected chi connectivity index (χ4v) is 2.41. The number of nitrogens with one attached hydrogen (secondary N) is 1.